The second kappa shape index (κ2) is 6.29. The van der Waals surface area contributed by atoms with Gasteiger partial charge >= 0.3 is 29.6 Å². The van der Waals surface area contributed by atoms with Crippen LogP contribution in [-0.2, 0) is 4.79 Å². The zero-order valence-electron chi connectivity index (χ0n) is 5.33. The molecule has 4 heteroatoms. The van der Waals surface area contributed by atoms with Gasteiger partial charge in [-0.25, -0.2) is 0 Å². The molecular formula is C5H7NaO3. The van der Waals surface area contributed by atoms with Gasteiger partial charge in [-0.2, -0.15) is 0 Å². The summed E-state index contributed by atoms with van der Waals surface area (Å²) in [6.45, 7) is 3.23. The van der Waals surface area contributed by atoms with Gasteiger partial charge in [0.2, 0.25) is 0 Å². The van der Waals surface area contributed by atoms with E-state index in [1.165, 1.54) is 6.08 Å². The summed E-state index contributed by atoms with van der Waals surface area (Å²) in [6.07, 6.45) is -0.0319. The van der Waals surface area contributed by atoms with Crippen molar-refractivity contribution in [3.8, 4) is 0 Å². The third-order valence-corrected chi connectivity index (χ3v) is 0.662. The third kappa shape index (κ3) is 6.05. The van der Waals surface area contributed by atoms with Gasteiger partial charge in [0.25, 0.3) is 0 Å². The van der Waals surface area contributed by atoms with Crippen LogP contribution in [0.5, 0.6) is 0 Å². The molecule has 0 aliphatic rings. The van der Waals surface area contributed by atoms with E-state index in [1.807, 2.05) is 0 Å². The molecule has 46 valence electrons. The molecule has 0 heterocycles. The molecule has 0 spiro atoms. The summed E-state index contributed by atoms with van der Waals surface area (Å²) >= 11 is 0. The molecule has 0 saturated carbocycles. The van der Waals surface area contributed by atoms with Gasteiger partial charge in [0, 0.05) is 0 Å². The maximum Gasteiger partial charge on any atom is 1.00 e. The number of carboxylic acid groups (broad SMARTS) is 1. The molecule has 0 bridgehead atoms. The van der Waals surface area contributed by atoms with Crippen molar-refractivity contribution in [3.05, 3.63) is 12.7 Å². The molecular weight excluding hydrogens is 131 g/mol. The summed E-state index contributed by atoms with van der Waals surface area (Å²) in [7, 11) is 0. The Morgan fingerprint density at radius 3 is 2.44 bits per heavy atom. The summed E-state index contributed by atoms with van der Waals surface area (Å²) in [5, 5.41) is 18.1. The standard InChI is InChI=1S/C5H8O3.Na/c1-2-3-4(6)5(7)8;/h2,4,6H,1,3H2,(H,7,8);/q;+1/p-1. The minimum atomic E-state index is -1.45. The average Bonchev–Trinajstić information content (AvgIpc) is 1.67. The molecule has 3 nitrogen and oxygen atoms in total. The van der Waals surface area contributed by atoms with Gasteiger partial charge < -0.3 is 15.0 Å². The van der Waals surface area contributed by atoms with Crippen LogP contribution in [0.1, 0.15) is 6.42 Å². The van der Waals surface area contributed by atoms with Gasteiger partial charge in [0.15, 0.2) is 0 Å². The molecule has 0 radical (unpaired) electrons. The van der Waals surface area contributed by atoms with Crippen molar-refractivity contribution in [1.29, 1.82) is 0 Å². The number of hydrogen-bond acceptors (Lipinski definition) is 3. The smallest absolute Gasteiger partial charge is 0.547 e. The Morgan fingerprint density at radius 2 is 2.33 bits per heavy atom. The van der Waals surface area contributed by atoms with E-state index < -0.39 is 12.1 Å². The van der Waals surface area contributed by atoms with Crippen molar-refractivity contribution in [2.24, 2.45) is 0 Å². The van der Waals surface area contributed by atoms with Crippen LogP contribution in [0.25, 0.3) is 0 Å². The van der Waals surface area contributed by atoms with E-state index in [9.17, 15) is 9.90 Å². The zero-order chi connectivity index (χ0) is 6.57. The third-order valence-electron chi connectivity index (χ3n) is 0.662. The van der Waals surface area contributed by atoms with Crippen molar-refractivity contribution in [3.63, 3.8) is 0 Å². The molecule has 1 N–H and O–H groups in total. The molecule has 1 atom stereocenters. The number of aliphatic hydroxyl groups excluding tert-OH is 1. The van der Waals surface area contributed by atoms with Crippen LogP contribution in [0.2, 0.25) is 0 Å². The second-order valence-corrected chi connectivity index (χ2v) is 1.36. The van der Waals surface area contributed by atoms with Crippen LogP contribution in [0, 0.1) is 0 Å². The molecule has 0 rings (SSSR count). The molecule has 0 amide bonds. The van der Waals surface area contributed by atoms with Gasteiger partial charge in [0.1, 0.15) is 0 Å². The van der Waals surface area contributed by atoms with Crippen LogP contribution < -0.4 is 34.7 Å². The molecule has 0 aromatic carbocycles. The number of hydrogen-bond donors (Lipinski definition) is 1. The predicted octanol–water partition coefficient (Wildman–Crippen LogP) is -4.32. The van der Waals surface area contributed by atoms with Crippen LogP contribution in [0.3, 0.4) is 0 Å². The number of aliphatic hydroxyl groups is 1. The van der Waals surface area contributed by atoms with Crippen molar-refractivity contribution in [2.45, 2.75) is 12.5 Å². The van der Waals surface area contributed by atoms with E-state index in [4.69, 9.17) is 5.11 Å². The van der Waals surface area contributed by atoms with Crippen molar-refractivity contribution < 1.29 is 44.6 Å². The summed E-state index contributed by atoms with van der Waals surface area (Å²) in [6, 6.07) is 0. The molecule has 9 heavy (non-hydrogen) atoms. The first kappa shape index (κ1) is 11.9. The predicted molar refractivity (Wildman–Crippen MR) is 25.8 cm³/mol. The molecule has 0 saturated heterocycles. The summed E-state index contributed by atoms with van der Waals surface area (Å²) in [5.41, 5.74) is 0. The number of carbonyl (C=O) groups excluding carboxylic acids is 1. The minimum absolute atomic E-state index is 0. The van der Waals surface area contributed by atoms with E-state index in [0.29, 0.717) is 0 Å². The molecule has 0 aliphatic carbocycles. The van der Waals surface area contributed by atoms with E-state index >= 15 is 0 Å². The normalized spacial score (nSPS) is 11.2. The topological polar surface area (TPSA) is 60.4 Å². The quantitative estimate of drug-likeness (QED) is 0.317. The fourth-order valence-corrected chi connectivity index (χ4v) is 0.254. The van der Waals surface area contributed by atoms with Gasteiger partial charge in [0.05, 0.1) is 12.1 Å². The maximum absolute atomic E-state index is 9.68. The van der Waals surface area contributed by atoms with Crippen molar-refractivity contribution >= 4 is 5.97 Å². The number of carbonyl (C=O) groups is 1. The largest absolute Gasteiger partial charge is 1.00 e. The minimum Gasteiger partial charge on any atom is -0.547 e. The molecule has 0 aromatic rings. The van der Waals surface area contributed by atoms with E-state index in [0.717, 1.165) is 0 Å². The number of rotatable bonds is 3. The average molecular weight is 138 g/mol. The van der Waals surface area contributed by atoms with Gasteiger partial charge in [-0.05, 0) is 6.42 Å². The molecule has 0 aliphatic heterocycles. The van der Waals surface area contributed by atoms with Crippen LogP contribution in [0.15, 0.2) is 12.7 Å². The summed E-state index contributed by atoms with van der Waals surface area (Å²) in [4.78, 5) is 9.68. The van der Waals surface area contributed by atoms with Crippen LogP contribution >= 0.6 is 0 Å². The Kier molecular flexibility index (Phi) is 8.32. The van der Waals surface area contributed by atoms with Gasteiger partial charge in [-0.15, -0.1) is 6.58 Å². The van der Waals surface area contributed by atoms with E-state index in [2.05, 4.69) is 6.58 Å². The first-order valence-electron chi connectivity index (χ1n) is 2.18. The Labute approximate surface area is 75.7 Å². The Morgan fingerprint density at radius 1 is 1.89 bits per heavy atom. The van der Waals surface area contributed by atoms with Gasteiger partial charge in [-0.1, -0.05) is 6.08 Å². The Bertz CT molecular complexity index is 102. The molecule has 1 unspecified atom stereocenters. The second-order valence-electron chi connectivity index (χ2n) is 1.36. The maximum atomic E-state index is 9.68. The molecule has 0 fully saturated rings. The van der Waals surface area contributed by atoms with E-state index in [-0.39, 0.29) is 36.0 Å². The first-order chi connectivity index (χ1) is 3.68. The van der Waals surface area contributed by atoms with Crippen LogP contribution in [-0.4, -0.2) is 17.2 Å². The monoisotopic (exact) mass is 138 g/mol. The fraction of sp³-hybridized carbons (Fsp3) is 0.400. The number of aliphatic carboxylic acids is 1. The van der Waals surface area contributed by atoms with Crippen molar-refractivity contribution in [2.75, 3.05) is 0 Å². The Hall–Kier alpha value is 0.170. The van der Waals surface area contributed by atoms with Gasteiger partial charge in [-0.3, -0.25) is 0 Å². The Balaban J connectivity index is 0. The van der Waals surface area contributed by atoms with E-state index in [1.54, 1.807) is 0 Å². The van der Waals surface area contributed by atoms with Crippen molar-refractivity contribution in [1.82, 2.24) is 0 Å². The fourth-order valence-electron chi connectivity index (χ4n) is 0.254. The van der Waals surface area contributed by atoms with Crippen LogP contribution in [0.4, 0.5) is 0 Å². The summed E-state index contributed by atoms with van der Waals surface area (Å²) < 4.78 is 0. The summed E-state index contributed by atoms with van der Waals surface area (Å²) in [5.74, 6) is -1.45. The SMILES string of the molecule is C=CCC(O)C(=O)[O-].[Na+]. The number of carboxylic acids is 1. The first-order valence-corrected chi connectivity index (χ1v) is 2.18. The molecule has 0 aromatic heterocycles. The zero-order valence-corrected chi connectivity index (χ0v) is 7.33.